The highest BCUT2D eigenvalue weighted by Gasteiger charge is 2.58. The van der Waals surface area contributed by atoms with E-state index in [4.69, 9.17) is 112 Å². The number of nitrogens with one attached hydrogen (secondary N) is 3. The molecule has 36 N–H and O–H groups in total. The monoisotopic (exact) mass is 1270 g/mol. The maximum absolute atomic E-state index is 10.3. The van der Waals surface area contributed by atoms with Crippen molar-refractivity contribution < 1.29 is 170 Å². The number of carbonyl (C=O) groups is 3. The summed E-state index contributed by atoms with van der Waals surface area (Å²) in [7, 11) is 0. The number of carboxylic acid groups (broad SMARTS) is 3. The molecule has 5 rings (SSSR count). The normalized spacial score (nSPS) is 34.2. The molecule has 0 aromatic carbocycles. The lowest BCUT2D eigenvalue weighted by Gasteiger charge is -2.45. The summed E-state index contributed by atoms with van der Waals surface area (Å²) in [4.78, 5) is 36.2. The molecule has 0 bridgehead atoms. The van der Waals surface area contributed by atoms with Crippen LogP contribution in [-0.4, -0.2) is 374 Å². The van der Waals surface area contributed by atoms with E-state index in [1.807, 2.05) is 0 Å². The predicted molar refractivity (Wildman–Crippen MR) is 275 cm³/mol. The van der Waals surface area contributed by atoms with Crippen LogP contribution in [0.3, 0.4) is 0 Å². The van der Waals surface area contributed by atoms with E-state index in [-0.39, 0.29) is 18.9 Å². The molecule has 1 unspecified atom stereocenters. The number of hydrogen-bond acceptors (Lipinski definition) is 36. The summed E-state index contributed by atoms with van der Waals surface area (Å²) >= 11 is 0. The van der Waals surface area contributed by atoms with Gasteiger partial charge in [-0.2, -0.15) is 0 Å². The topological polar surface area (TPSA) is 781 Å². The Labute approximate surface area is 486 Å². The van der Waals surface area contributed by atoms with E-state index < -0.39 is 217 Å². The van der Waals surface area contributed by atoms with E-state index in [1.54, 1.807) is 6.20 Å². The average Bonchev–Trinajstić information content (AvgIpc) is 1.64. The molecule has 4 saturated heterocycles. The van der Waals surface area contributed by atoms with E-state index in [2.05, 4.69) is 21.0 Å². The van der Waals surface area contributed by atoms with Crippen molar-refractivity contribution in [2.75, 3.05) is 59.3 Å². The number of nitrogens with zero attached hydrogens (tertiary/aromatic N) is 1. The summed E-state index contributed by atoms with van der Waals surface area (Å²) in [5, 5.41) is 239. The first kappa shape index (κ1) is 81.7. The fourth-order valence-electron chi connectivity index (χ4n) is 7.26. The molecule has 0 spiro atoms. The number of rotatable bonds is 23. The van der Waals surface area contributed by atoms with Gasteiger partial charge in [0.25, 0.3) is 0 Å². The van der Waals surface area contributed by atoms with E-state index >= 15 is 0 Å². The number of hydrogen-bond donors (Lipinski definition) is 32. The van der Waals surface area contributed by atoms with Gasteiger partial charge in [-0.05, 0) is 12.8 Å². The molecule has 506 valence electrons. The zero-order valence-corrected chi connectivity index (χ0v) is 45.6. The van der Waals surface area contributed by atoms with Crippen LogP contribution in [-0.2, 0) is 49.2 Å². The van der Waals surface area contributed by atoms with E-state index in [0.717, 1.165) is 5.69 Å². The third-order valence-electron chi connectivity index (χ3n) is 12.4. The maximum atomic E-state index is 10.3. The van der Waals surface area contributed by atoms with Gasteiger partial charge in [0.2, 0.25) is 5.79 Å². The number of aromatic nitrogens is 2. The average molecular weight is 1270 g/mol. The van der Waals surface area contributed by atoms with Crippen molar-refractivity contribution in [1.82, 2.24) is 15.3 Å². The second-order valence-corrected chi connectivity index (χ2v) is 18.8. The number of nitrogens with two attached hydrogens (primary N) is 4. The lowest BCUT2D eigenvalue weighted by molar-refractivity contribution is -0.383. The number of aromatic amines is 1. The van der Waals surface area contributed by atoms with Gasteiger partial charge >= 0.3 is 17.9 Å². The van der Waals surface area contributed by atoms with Crippen molar-refractivity contribution >= 4 is 23.9 Å². The lowest BCUT2D eigenvalue weighted by Crippen LogP contribution is -2.64. The minimum Gasteiger partial charge on any atom is -0.480 e. The minimum atomic E-state index is -2.22. The molecular formula is C44H86N8O34. The van der Waals surface area contributed by atoms with Gasteiger partial charge in [-0.1, -0.05) is 0 Å². The van der Waals surface area contributed by atoms with Crippen LogP contribution in [0.4, 0.5) is 0 Å². The molecule has 0 aliphatic carbocycles. The first-order valence-corrected chi connectivity index (χ1v) is 25.6. The van der Waals surface area contributed by atoms with Crippen LogP contribution < -0.4 is 28.3 Å². The summed E-state index contributed by atoms with van der Waals surface area (Å²) in [6, 6.07) is -1.67. The van der Waals surface area contributed by atoms with Gasteiger partial charge in [-0.25, -0.2) is 4.98 Å². The number of aliphatic hydroxyl groups is 22. The molecule has 0 radical (unpaired) electrons. The highest BCUT2D eigenvalue weighted by molar-refractivity contribution is 5.74. The Bertz CT molecular complexity index is 2000. The van der Waals surface area contributed by atoms with Gasteiger partial charge in [0.15, 0.2) is 24.8 Å². The van der Waals surface area contributed by atoms with Crippen LogP contribution in [0, 0.1) is 5.41 Å². The van der Waals surface area contributed by atoms with Crippen molar-refractivity contribution in [3.05, 3.63) is 18.2 Å². The molecule has 0 saturated carbocycles. The fraction of sp³-hybridized carbons (Fsp3) is 0.841. The Morgan fingerprint density at radius 2 is 1.12 bits per heavy atom. The van der Waals surface area contributed by atoms with Crippen LogP contribution >= 0.6 is 0 Å². The Morgan fingerprint density at radius 1 is 0.651 bits per heavy atom. The van der Waals surface area contributed by atoms with Crippen molar-refractivity contribution in [1.29, 1.82) is 5.41 Å². The highest BCUT2D eigenvalue weighted by Crippen LogP contribution is 2.36. The number of carboxylic acids is 3. The Kier molecular flexibility index (Phi) is 39.0. The van der Waals surface area contributed by atoms with Crippen molar-refractivity contribution in [2.45, 2.75) is 172 Å². The Hall–Kier alpha value is -4.35. The third-order valence-corrected chi connectivity index (χ3v) is 12.4. The molecule has 42 heteroatoms. The zero-order chi connectivity index (χ0) is 66.5. The van der Waals surface area contributed by atoms with Gasteiger partial charge in [-0.15, -0.1) is 0 Å². The molecule has 4 aliphatic rings. The zero-order valence-electron chi connectivity index (χ0n) is 45.6. The van der Waals surface area contributed by atoms with E-state index in [1.165, 1.54) is 6.33 Å². The predicted octanol–water partition coefficient (Wildman–Crippen LogP) is -17.3. The van der Waals surface area contributed by atoms with Gasteiger partial charge in [0.05, 0.1) is 52.5 Å². The van der Waals surface area contributed by atoms with Crippen LogP contribution in [0.1, 0.15) is 18.5 Å². The summed E-state index contributed by atoms with van der Waals surface area (Å²) in [6.07, 6.45) is -30.3. The molecular weight excluding hydrogens is 1180 g/mol. The molecule has 42 nitrogen and oxygen atoms in total. The number of ether oxygens (including phenoxy) is 6. The molecule has 0 amide bonds. The highest BCUT2D eigenvalue weighted by atomic mass is 16.8. The molecule has 1 aromatic heterocycles. The molecule has 5 heterocycles. The van der Waals surface area contributed by atoms with Crippen molar-refractivity contribution in [3.63, 3.8) is 0 Å². The van der Waals surface area contributed by atoms with Crippen LogP contribution in [0.5, 0.6) is 0 Å². The Balaban J connectivity index is 0.00000107. The molecule has 4 fully saturated rings. The number of H-pyrrole nitrogens is 1. The number of imidazole rings is 1. The quantitative estimate of drug-likeness (QED) is 0.0275. The lowest BCUT2D eigenvalue weighted by atomic mass is 9.97. The Morgan fingerprint density at radius 3 is 1.50 bits per heavy atom. The van der Waals surface area contributed by atoms with Crippen molar-refractivity contribution in [3.8, 4) is 0 Å². The summed E-state index contributed by atoms with van der Waals surface area (Å²) in [6.45, 7) is -4.91. The third kappa shape index (κ3) is 25.6. The summed E-state index contributed by atoms with van der Waals surface area (Å²) in [5.74, 6) is -5.30. The first-order valence-electron chi connectivity index (χ1n) is 25.6. The fourth-order valence-corrected chi connectivity index (χ4v) is 7.26. The van der Waals surface area contributed by atoms with Gasteiger partial charge in [-0.3, -0.25) is 19.8 Å². The first-order chi connectivity index (χ1) is 40.2. The maximum Gasteiger partial charge on any atom is 0.320 e. The van der Waals surface area contributed by atoms with Gasteiger partial charge in [0, 0.05) is 24.9 Å². The number of aliphatic hydroxyl groups excluding tert-OH is 22. The second kappa shape index (κ2) is 41.0. The van der Waals surface area contributed by atoms with E-state index in [9.17, 15) is 80.8 Å². The smallest absolute Gasteiger partial charge is 0.320 e. The molecule has 4 aliphatic heterocycles. The second-order valence-electron chi connectivity index (χ2n) is 18.8. The summed E-state index contributed by atoms with van der Waals surface area (Å²) < 4.78 is 30.7. The molecule has 25 atom stereocenters. The van der Waals surface area contributed by atoms with Crippen molar-refractivity contribution in [2.24, 2.45) is 22.9 Å². The SMILES string of the molecule is N=C(N)NCCCC(N)C(=O)O.NCC(=O)O.N[C@@H](Cc1cnc[nH]1)C(=O)O.OC[C@@H](O)[C@@H](O)[C@H](O)[C@H](O)CO.OC[C@H]1O[C@@](CO)(O[C@H]2O[C@H](CO)[C@@H](O)[C@H](O)[C@H]2O)[C@@H](O)[C@@H]1O.OC[C@H]1O[C@H](O[C@H]2[C@H](O)[C@@H](O)[C@H](O)O[C@@H]2CO)[C@H](O)[C@@H](O)[C@@H]1O. The van der Waals surface area contributed by atoms with Gasteiger partial charge < -0.3 is 189 Å². The van der Waals surface area contributed by atoms with Gasteiger partial charge in [0.1, 0.15) is 135 Å². The van der Waals surface area contributed by atoms with E-state index in [0.29, 0.717) is 19.4 Å². The molecule has 86 heavy (non-hydrogen) atoms. The standard InChI is InChI=1S/2C12H22O11.C6H14N4O2.C6H9N3O2.C6H14O6.C2H5NO2/c13-1-4-6(16)8(18)9(19)11(21-4)23-12(3-15)10(20)7(17)5(2-14)22-12;13-1-3-5(15)6(16)9(19)12(22-3)23-10-4(2-14)21-11(20)8(18)7(10)17;7-4(5(11)12)2-1-3-10-6(8)9;7-5(6(10)11)1-4-2-8-3-9-4;7-1-3(9)5(11)6(12)4(10)2-8;3-1-2(4)5/h4-11,13-20H,1-3H2;3-20H,1-2H2;4H,1-3,7H2,(H,11,12)(H4,8,9,10);2-3,5H,1,7H2,(H,8,9)(H,10,11);3-12H,1-2H2;1,3H2,(H,4,5)/t4-,5-,6-,7-,8+,9-,10+,11-,12+;3-,4-,5-,6+,7-,8-,9-,10-,11-,12-;;5-;3-,4-,5-,6-;/m11.01./s1. The van der Waals surface area contributed by atoms with Crippen LogP contribution in [0.25, 0.3) is 0 Å². The largest absolute Gasteiger partial charge is 0.480 e. The number of guanidine groups is 1. The summed E-state index contributed by atoms with van der Waals surface area (Å²) in [5.41, 5.74) is 20.8. The minimum absolute atomic E-state index is 0.112. The molecule has 1 aromatic rings. The van der Waals surface area contributed by atoms with Crippen LogP contribution in [0.2, 0.25) is 0 Å². The van der Waals surface area contributed by atoms with Crippen LogP contribution in [0.15, 0.2) is 12.5 Å². The number of aliphatic carboxylic acids is 3.